The highest BCUT2D eigenvalue weighted by Gasteiger charge is 2.40. The van der Waals surface area contributed by atoms with Crippen molar-refractivity contribution in [2.45, 2.75) is 25.9 Å². The highest BCUT2D eigenvalue weighted by Crippen LogP contribution is 2.34. The van der Waals surface area contributed by atoms with Crippen LogP contribution in [0.15, 0.2) is 18.2 Å². The number of halogens is 4. The molecule has 7 heteroatoms. The second-order valence-corrected chi connectivity index (χ2v) is 5.21. The van der Waals surface area contributed by atoms with Gasteiger partial charge in [0.25, 0.3) is 0 Å². The van der Waals surface area contributed by atoms with Gasteiger partial charge in [0.05, 0.1) is 11.0 Å². The van der Waals surface area contributed by atoms with Gasteiger partial charge in [0, 0.05) is 12.2 Å². The Morgan fingerprint density at radius 1 is 1.43 bits per heavy atom. The van der Waals surface area contributed by atoms with Crippen LogP contribution >= 0.6 is 0 Å². The minimum Gasteiger partial charge on any atom is -0.326 e. The topological polar surface area (TPSA) is 41.1 Å². The maximum absolute atomic E-state index is 13.2. The van der Waals surface area contributed by atoms with Crippen LogP contribution in [0.5, 0.6) is 0 Å². The molecule has 0 bridgehead atoms. The molecule has 0 radical (unpaired) electrons. The Hall–Kier alpha value is -1.63. The molecule has 1 aliphatic rings. The normalized spacial score (nSPS) is 22.3. The van der Waals surface area contributed by atoms with Crippen LogP contribution in [0.4, 0.5) is 23.2 Å². The van der Waals surface area contributed by atoms with E-state index in [0.29, 0.717) is 38.1 Å². The quantitative estimate of drug-likeness (QED) is 0.842. The van der Waals surface area contributed by atoms with Gasteiger partial charge in [-0.2, -0.15) is 13.2 Å². The zero-order valence-electron chi connectivity index (χ0n) is 11.5. The van der Waals surface area contributed by atoms with E-state index in [1.165, 1.54) is 0 Å². The molecular formula is C14H16F4N2O. The fourth-order valence-electron chi connectivity index (χ4n) is 2.48. The summed E-state index contributed by atoms with van der Waals surface area (Å²) < 4.78 is 51.1. The van der Waals surface area contributed by atoms with Crippen molar-refractivity contribution >= 4 is 11.6 Å². The molecule has 0 aromatic heterocycles. The van der Waals surface area contributed by atoms with Crippen LogP contribution in [0.25, 0.3) is 0 Å². The first kappa shape index (κ1) is 15.8. The predicted molar refractivity (Wildman–Crippen MR) is 70.2 cm³/mol. The number of anilines is 1. The van der Waals surface area contributed by atoms with Crippen molar-refractivity contribution in [2.75, 3.05) is 18.4 Å². The molecule has 1 saturated heterocycles. The van der Waals surface area contributed by atoms with E-state index in [0.717, 1.165) is 6.07 Å². The van der Waals surface area contributed by atoms with Crippen molar-refractivity contribution in [2.24, 2.45) is 5.41 Å². The Morgan fingerprint density at radius 2 is 2.14 bits per heavy atom. The van der Waals surface area contributed by atoms with Gasteiger partial charge in [-0.05, 0) is 37.6 Å². The van der Waals surface area contributed by atoms with Crippen LogP contribution in [-0.2, 0) is 11.0 Å². The van der Waals surface area contributed by atoms with Gasteiger partial charge >= 0.3 is 6.18 Å². The van der Waals surface area contributed by atoms with E-state index >= 15 is 0 Å². The summed E-state index contributed by atoms with van der Waals surface area (Å²) in [5.41, 5.74) is -2.05. The fourth-order valence-corrected chi connectivity index (χ4v) is 2.48. The third kappa shape index (κ3) is 3.18. The van der Waals surface area contributed by atoms with E-state index in [4.69, 9.17) is 0 Å². The molecule has 1 atom stereocenters. The summed E-state index contributed by atoms with van der Waals surface area (Å²) in [4.78, 5) is 12.3. The monoisotopic (exact) mass is 304 g/mol. The summed E-state index contributed by atoms with van der Waals surface area (Å²) in [6, 6.07) is 2.47. The molecule has 1 amide bonds. The molecule has 0 saturated carbocycles. The van der Waals surface area contributed by atoms with Crippen LogP contribution in [-0.4, -0.2) is 19.0 Å². The lowest BCUT2D eigenvalue weighted by Crippen LogP contribution is -2.37. The van der Waals surface area contributed by atoms with Crippen LogP contribution in [0.1, 0.15) is 25.3 Å². The number of alkyl halides is 3. The predicted octanol–water partition coefficient (Wildman–Crippen LogP) is 3.17. The molecule has 2 rings (SSSR count). The Morgan fingerprint density at radius 3 is 2.67 bits per heavy atom. The summed E-state index contributed by atoms with van der Waals surface area (Å²) >= 11 is 0. The van der Waals surface area contributed by atoms with E-state index < -0.39 is 23.0 Å². The van der Waals surface area contributed by atoms with Crippen LogP contribution < -0.4 is 10.6 Å². The van der Waals surface area contributed by atoms with E-state index in [9.17, 15) is 22.4 Å². The fraction of sp³-hybridized carbons (Fsp3) is 0.500. The lowest BCUT2D eigenvalue weighted by atomic mass is 9.83. The van der Waals surface area contributed by atoms with Gasteiger partial charge in [0.1, 0.15) is 5.82 Å². The maximum Gasteiger partial charge on any atom is 0.419 e. The lowest BCUT2D eigenvalue weighted by Gasteiger charge is -2.25. The number of carbonyl (C=O) groups is 1. The zero-order chi connectivity index (χ0) is 15.7. The summed E-state index contributed by atoms with van der Waals surface area (Å²) in [6.07, 6.45) is -3.58. The molecule has 0 spiro atoms. The van der Waals surface area contributed by atoms with E-state index in [1.807, 2.05) is 6.92 Å². The summed E-state index contributed by atoms with van der Waals surface area (Å²) in [7, 11) is 0. The summed E-state index contributed by atoms with van der Waals surface area (Å²) in [6.45, 7) is 3.04. The molecule has 1 aliphatic heterocycles. The zero-order valence-corrected chi connectivity index (χ0v) is 11.5. The smallest absolute Gasteiger partial charge is 0.326 e. The molecule has 21 heavy (non-hydrogen) atoms. The summed E-state index contributed by atoms with van der Waals surface area (Å²) in [5.74, 6) is -1.69. The van der Waals surface area contributed by atoms with Gasteiger partial charge in [0.15, 0.2) is 0 Å². The molecule has 1 aromatic rings. The number of benzene rings is 1. The number of carbonyl (C=O) groups excluding carboxylic acids is 1. The molecular weight excluding hydrogens is 288 g/mol. The van der Waals surface area contributed by atoms with Gasteiger partial charge in [-0.1, -0.05) is 6.92 Å². The van der Waals surface area contributed by atoms with Gasteiger partial charge in [-0.15, -0.1) is 0 Å². The van der Waals surface area contributed by atoms with Crippen molar-refractivity contribution in [3.05, 3.63) is 29.6 Å². The molecule has 1 heterocycles. The van der Waals surface area contributed by atoms with Crippen LogP contribution in [0.2, 0.25) is 0 Å². The number of rotatable bonds is 3. The van der Waals surface area contributed by atoms with Crippen LogP contribution in [0, 0.1) is 11.2 Å². The Labute approximate surface area is 119 Å². The first-order valence-corrected chi connectivity index (χ1v) is 6.67. The molecule has 0 aliphatic carbocycles. The number of amides is 1. The van der Waals surface area contributed by atoms with E-state index in [2.05, 4.69) is 10.6 Å². The van der Waals surface area contributed by atoms with Crippen LogP contribution in [0.3, 0.4) is 0 Å². The lowest BCUT2D eigenvalue weighted by molar-refractivity contribution is -0.140. The molecule has 2 N–H and O–H groups in total. The van der Waals surface area contributed by atoms with Crippen molar-refractivity contribution in [1.82, 2.24) is 5.32 Å². The number of hydrogen-bond acceptors (Lipinski definition) is 2. The standard InChI is InChI=1S/C14H16F4N2O/c1-2-13(5-6-19-8-13)12(21)20-9-3-4-11(15)10(7-9)14(16,17)18/h3-4,7,19H,2,5-6,8H2,1H3,(H,20,21). The van der Waals surface area contributed by atoms with Crippen molar-refractivity contribution < 1.29 is 22.4 Å². The van der Waals surface area contributed by atoms with E-state index in [-0.39, 0.29) is 11.6 Å². The van der Waals surface area contributed by atoms with Crippen molar-refractivity contribution in [1.29, 1.82) is 0 Å². The molecule has 1 unspecified atom stereocenters. The molecule has 116 valence electrons. The second-order valence-electron chi connectivity index (χ2n) is 5.21. The number of hydrogen-bond donors (Lipinski definition) is 2. The summed E-state index contributed by atoms with van der Waals surface area (Å²) in [5, 5.41) is 5.54. The van der Waals surface area contributed by atoms with Gasteiger partial charge < -0.3 is 10.6 Å². The Balaban J connectivity index is 2.22. The van der Waals surface area contributed by atoms with E-state index in [1.54, 1.807) is 0 Å². The average molecular weight is 304 g/mol. The molecule has 1 fully saturated rings. The maximum atomic E-state index is 13.2. The molecule has 3 nitrogen and oxygen atoms in total. The first-order valence-electron chi connectivity index (χ1n) is 6.67. The number of nitrogens with one attached hydrogen (secondary N) is 2. The first-order chi connectivity index (χ1) is 9.78. The Bertz CT molecular complexity index is 536. The highest BCUT2D eigenvalue weighted by atomic mass is 19.4. The average Bonchev–Trinajstić information content (AvgIpc) is 2.89. The minimum absolute atomic E-state index is 0.0477. The third-order valence-electron chi connectivity index (χ3n) is 3.93. The highest BCUT2D eigenvalue weighted by molar-refractivity contribution is 5.95. The minimum atomic E-state index is -4.79. The Kier molecular flexibility index (Phi) is 4.22. The van der Waals surface area contributed by atoms with Gasteiger partial charge in [0.2, 0.25) is 5.91 Å². The van der Waals surface area contributed by atoms with Crippen molar-refractivity contribution in [3.8, 4) is 0 Å². The van der Waals surface area contributed by atoms with Crippen molar-refractivity contribution in [3.63, 3.8) is 0 Å². The molecule has 1 aromatic carbocycles. The van der Waals surface area contributed by atoms with Gasteiger partial charge in [-0.25, -0.2) is 4.39 Å². The second kappa shape index (κ2) is 5.63. The SMILES string of the molecule is CCC1(C(=O)Nc2ccc(F)c(C(F)(F)F)c2)CCNC1. The largest absolute Gasteiger partial charge is 0.419 e. The third-order valence-corrected chi connectivity index (χ3v) is 3.93. The van der Waals surface area contributed by atoms with Gasteiger partial charge in [-0.3, -0.25) is 4.79 Å².